The Morgan fingerprint density at radius 3 is 2.90 bits per heavy atom. The number of benzene rings is 1. The SMILES string of the molecule is COc1ccccc1CCNCc1cc(C(N)=O)cs1. The molecule has 0 aliphatic rings. The van der Waals surface area contributed by atoms with Crippen LogP contribution in [0.3, 0.4) is 0 Å². The summed E-state index contributed by atoms with van der Waals surface area (Å²) < 4.78 is 5.31. The van der Waals surface area contributed by atoms with Gasteiger partial charge in [-0.15, -0.1) is 11.3 Å². The van der Waals surface area contributed by atoms with Gasteiger partial charge in [0.05, 0.1) is 12.7 Å². The average molecular weight is 290 g/mol. The summed E-state index contributed by atoms with van der Waals surface area (Å²) in [5, 5.41) is 5.15. The van der Waals surface area contributed by atoms with Crippen LogP contribution < -0.4 is 15.8 Å². The first-order valence-electron chi connectivity index (χ1n) is 6.40. The Kier molecular flexibility index (Phi) is 5.15. The van der Waals surface area contributed by atoms with Crippen molar-refractivity contribution < 1.29 is 9.53 Å². The maximum Gasteiger partial charge on any atom is 0.249 e. The van der Waals surface area contributed by atoms with Crippen LogP contribution in [0.4, 0.5) is 0 Å². The summed E-state index contributed by atoms with van der Waals surface area (Å²) in [6.45, 7) is 1.59. The number of hydrogen-bond donors (Lipinski definition) is 2. The molecule has 3 N–H and O–H groups in total. The van der Waals surface area contributed by atoms with Crippen LogP contribution in [0.2, 0.25) is 0 Å². The van der Waals surface area contributed by atoms with Crippen LogP contribution in [0.15, 0.2) is 35.7 Å². The molecule has 1 aromatic heterocycles. The predicted octanol–water partition coefficient (Wildman–Crippen LogP) is 2.19. The highest BCUT2D eigenvalue weighted by Gasteiger charge is 2.05. The molecule has 5 heteroatoms. The van der Waals surface area contributed by atoms with Crippen LogP contribution in [0, 0.1) is 0 Å². The van der Waals surface area contributed by atoms with Gasteiger partial charge in [-0.3, -0.25) is 4.79 Å². The minimum atomic E-state index is -0.374. The number of nitrogens with one attached hydrogen (secondary N) is 1. The van der Waals surface area contributed by atoms with Gasteiger partial charge in [-0.05, 0) is 30.7 Å². The van der Waals surface area contributed by atoms with Gasteiger partial charge in [0.1, 0.15) is 5.75 Å². The van der Waals surface area contributed by atoms with Crippen LogP contribution in [0.5, 0.6) is 5.75 Å². The Morgan fingerprint density at radius 1 is 1.40 bits per heavy atom. The van der Waals surface area contributed by atoms with Gasteiger partial charge in [-0.25, -0.2) is 0 Å². The van der Waals surface area contributed by atoms with Crippen molar-refractivity contribution in [3.05, 3.63) is 51.7 Å². The number of ether oxygens (including phenoxy) is 1. The molecule has 0 atom stereocenters. The third kappa shape index (κ3) is 3.82. The lowest BCUT2D eigenvalue weighted by atomic mass is 10.1. The summed E-state index contributed by atoms with van der Waals surface area (Å²) in [6.07, 6.45) is 0.901. The van der Waals surface area contributed by atoms with Gasteiger partial charge in [0, 0.05) is 16.8 Å². The lowest BCUT2D eigenvalue weighted by Crippen LogP contribution is -2.16. The van der Waals surface area contributed by atoms with Gasteiger partial charge in [-0.2, -0.15) is 0 Å². The molecule has 4 nitrogen and oxygen atoms in total. The molecular formula is C15H18N2O2S. The first-order valence-corrected chi connectivity index (χ1v) is 7.28. The average Bonchev–Trinajstić information content (AvgIpc) is 2.93. The van der Waals surface area contributed by atoms with Crippen LogP contribution in [0.1, 0.15) is 20.8 Å². The monoisotopic (exact) mass is 290 g/mol. The maximum atomic E-state index is 11.0. The number of hydrogen-bond acceptors (Lipinski definition) is 4. The summed E-state index contributed by atoms with van der Waals surface area (Å²) in [5.74, 6) is 0.544. The quantitative estimate of drug-likeness (QED) is 0.768. The van der Waals surface area contributed by atoms with E-state index in [1.165, 1.54) is 5.56 Å². The molecule has 1 heterocycles. The van der Waals surface area contributed by atoms with E-state index in [2.05, 4.69) is 11.4 Å². The van der Waals surface area contributed by atoms with Gasteiger partial charge >= 0.3 is 0 Å². The number of carbonyl (C=O) groups is 1. The van der Waals surface area contributed by atoms with Gasteiger partial charge in [0.2, 0.25) is 5.91 Å². The highest BCUT2D eigenvalue weighted by Crippen LogP contribution is 2.17. The Bertz CT molecular complexity index is 581. The highest BCUT2D eigenvalue weighted by molar-refractivity contribution is 7.10. The summed E-state index contributed by atoms with van der Waals surface area (Å²) in [6, 6.07) is 9.84. The Morgan fingerprint density at radius 2 is 2.20 bits per heavy atom. The highest BCUT2D eigenvalue weighted by atomic mass is 32.1. The summed E-state index contributed by atoms with van der Waals surface area (Å²) in [4.78, 5) is 12.1. The number of thiophene rings is 1. The fraction of sp³-hybridized carbons (Fsp3) is 0.267. The number of nitrogens with two attached hydrogens (primary N) is 1. The zero-order valence-corrected chi connectivity index (χ0v) is 12.2. The third-order valence-electron chi connectivity index (χ3n) is 3.00. The van der Waals surface area contributed by atoms with Crippen molar-refractivity contribution in [3.63, 3.8) is 0 Å². The normalized spacial score (nSPS) is 10.4. The fourth-order valence-corrected chi connectivity index (χ4v) is 2.79. The van der Waals surface area contributed by atoms with E-state index in [-0.39, 0.29) is 5.91 Å². The number of carbonyl (C=O) groups excluding carboxylic acids is 1. The molecule has 0 aliphatic heterocycles. The molecule has 0 spiro atoms. The largest absolute Gasteiger partial charge is 0.496 e. The smallest absolute Gasteiger partial charge is 0.249 e. The van der Waals surface area contributed by atoms with Gasteiger partial charge in [-0.1, -0.05) is 18.2 Å². The van der Waals surface area contributed by atoms with E-state index in [0.717, 1.165) is 30.1 Å². The molecule has 0 unspecified atom stereocenters. The zero-order chi connectivity index (χ0) is 14.4. The van der Waals surface area contributed by atoms with Crippen molar-refractivity contribution >= 4 is 17.2 Å². The van der Waals surface area contributed by atoms with E-state index in [0.29, 0.717) is 5.56 Å². The van der Waals surface area contributed by atoms with Gasteiger partial charge in [0.15, 0.2) is 0 Å². The molecule has 106 valence electrons. The molecule has 20 heavy (non-hydrogen) atoms. The first kappa shape index (κ1) is 14.6. The topological polar surface area (TPSA) is 64.3 Å². The molecule has 0 saturated carbocycles. The fourth-order valence-electron chi connectivity index (χ4n) is 1.95. The molecule has 1 amide bonds. The molecule has 0 saturated heterocycles. The number of rotatable bonds is 7. The zero-order valence-electron chi connectivity index (χ0n) is 11.4. The molecule has 0 fully saturated rings. The third-order valence-corrected chi connectivity index (χ3v) is 3.94. The molecule has 0 aliphatic carbocycles. The predicted molar refractivity (Wildman–Crippen MR) is 81.2 cm³/mol. The van der Waals surface area contributed by atoms with Crippen molar-refractivity contribution in [1.82, 2.24) is 5.32 Å². The molecule has 2 aromatic rings. The molecule has 0 bridgehead atoms. The second-order valence-corrected chi connectivity index (χ2v) is 5.40. The number of methoxy groups -OCH3 is 1. The Hall–Kier alpha value is -1.85. The number of primary amides is 1. The second-order valence-electron chi connectivity index (χ2n) is 4.40. The van der Waals surface area contributed by atoms with Crippen LogP contribution in [0.25, 0.3) is 0 Å². The number of amides is 1. The molecule has 0 radical (unpaired) electrons. The van der Waals surface area contributed by atoms with E-state index < -0.39 is 0 Å². The summed E-state index contributed by atoms with van der Waals surface area (Å²) >= 11 is 1.54. The van der Waals surface area contributed by atoms with E-state index in [9.17, 15) is 4.79 Å². The van der Waals surface area contributed by atoms with E-state index in [1.807, 2.05) is 24.3 Å². The molecule has 2 rings (SSSR count). The lowest BCUT2D eigenvalue weighted by Gasteiger charge is -2.08. The summed E-state index contributed by atoms with van der Waals surface area (Å²) in [7, 11) is 1.68. The minimum Gasteiger partial charge on any atom is -0.496 e. The standard InChI is InChI=1S/C15H18N2O2S/c1-19-14-5-3-2-4-11(14)6-7-17-9-13-8-12(10-20-13)15(16)18/h2-5,8,10,17H,6-7,9H2,1H3,(H2,16,18). The Balaban J connectivity index is 1.80. The van der Waals surface area contributed by atoms with Crippen LogP contribution in [-0.4, -0.2) is 19.6 Å². The van der Waals surface area contributed by atoms with E-state index in [1.54, 1.807) is 23.8 Å². The summed E-state index contributed by atoms with van der Waals surface area (Å²) in [5.41, 5.74) is 6.99. The van der Waals surface area contributed by atoms with Gasteiger partial charge in [0.25, 0.3) is 0 Å². The van der Waals surface area contributed by atoms with Crippen molar-refractivity contribution in [2.75, 3.05) is 13.7 Å². The lowest BCUT2D eigenvalue weighted by molar-refractivity contribution is 0.100. The molecule has 1 aromatic carbocycles. The first-order chi connectivity index (χ1) is 9.70. The number of para-hydroxylation sites is 1. The minimum absolute atomic E-state index is 0.374. The Labute approximate surface area is 122 Å². The van der Waals surface area contributed by atoms with E-state index >= 15 is 0 Å². The van der Waals surface area contributed by atoms with Gasteiger partial charge < -0.3 is 15.8 Å². The van der Waals surface area contributed by atoms with Crippen LogP contribution in [-0.2, 0) is 13.0 Å². The molecular weight excluding hydrogens is 272 g/mol. The maximum absolute atomic E-state index is 11.0. The van der Waals surface area contributed by atoms with Crippen molar-refractivity contribution in [2.45, 2.75) is 13.0 Å². The van der Waals surface area contributed by atoms with Crippen LogP contribution >= 0.6 is 11.3 Å². The van der Waals surface area contributed by atoms with Crippen molar-refractivity contribution in [2.24, 2.45) is 5.73 Å². The second kappa shape index (κ2) is 7.07. The van der Waals surface area contributed by atoms with Crippen molar-refractivity contribution in [3.8, 4) is 5.75 Å². The van der Waals surface area contributed by atoms with Crippen molar-refractivity contribution in [1.29, 1.82) is 0 Å². The van der Waals surface area contributed by atoms with E-state index in [4.69, 9.17) is 10.5 Å².